The Labute approximate surface area is 217 Å². The Hall–Kier alpha value is -2.99. The topological polar surface area (TPSA) is 119 Å². The second kappa shape index (κ2) is 12.0. The van der Waals surface area contributed by atoms with Crippen LogP contribution in [0.15, 0.2) is 53.4 Å². The summed E-state index contributed by atoms with van der Waals surface area (Å²) in [7, 11) is -3.86. The molecule has 0 aromatic heterocycles. The van der Waals surface area contributed by atoms with E-state index in [4.69, 9.17) is 4.74 Å². The number of hydrogen-bond donors (Lipinski definition) is 2. The molecule has 2 amide bonds. The summed E-state index contributed by atoms with van der Waals surface area (Å²) in [6.07, 6.45) is 0.188. The van der Waals surface area contributed by atoms with E-state index in [0.29, 0.717) is 19.6 Å². The Morgan fingerprint density at radius 3 is 2.41 bits per heavy atom. The third-order valence-corrected chi connectivity index (χ3v) is 8.66. The molecular weight excluding hydrogens is 496 g/mol. The van der Waals surface area contributed by atoms with Gasteiger partial charge in [0, 0.05) is 59.3 Å². The minimum Gasteiger partial charge on any atom is -0.482 e. The minimum atomic E-state index is -3.86. The van der Waals surface area contributed by atoms with Gasteiger partial charge in [0.2, 0.25) is 15.9 Å². The smallest absolute Gasteiger partial charge is 0.258 e. The molecule has 0 spiro atoms. The third kappa shape index (κ3) is 6.86. The van der Waals surface area contributed by atoms with Gasteiger partial charge < -0.3 is 20.1 Å². The number of amides is 2. The van der Waals surface area contributed by atoms with Gasteiger partial charge in [0.1, 0.15) is 10.6 Å². The second-order valence-corrected chi connectivity index (χ2v) is 11.3. The fourth-order valence-corrected chi connectivity index (χ4v) is 6.22. The van der Waals surface area contributed by atoms with Gasteiger partial charge in [0.05, 0.1) is 6.10 Å². The molecule has 2 aliphatic heterocycles. The van der Waals surface area contributed by atoms with E-state index in [1.807, 2.05) is 12.1 Å². The maximum absolute atomic E-state index is 13.2. The normalized spacial score (nSPS) is 17.6. The molecule has 2 heterocycles. The number of carbonyl (C=O) groups is 2. The van der Waals surface area contributed by atoms with Crippen LogP contribution in [0, 0.1) is 0 Å². The summed E-state index contributed by atoms with van der Waals surface area (Å²) >= 11 is 0. The summed E-state index contributed by atoms with van der Waals surface area (Å²) in [6.45, 7) is 4.24. The van der Waals surface area contributed by atoms with E-state index < -0.39 is 22.0 Å². The highest BCUT2D eigenvalue weighted by Gasteiger charge is 2.31. The molecule has 1 unspecified atom stereocenters. The number of benzene rings is 2. The molecule has 2 aromatic carbocycles. The number of aliphatic hydroxyl groups excluding tert-OH is 1. The predicted molar refractivity (Wildman–Crippen MR) is 137 cm³/mol. The molecule has 2 N–H and O–H groups in total. The van der Waals surface area contributed by atoms with Gasteiger partial charge in [-0.25, -0.2) is 8.42 Å². The van der Waals surface area contributed by atoms with Crippen LogP contribution in [0.2, 0.25) is 0 Å². The van der Waals surface area contributed by atoms with Crippen molar-refractivity contribution in [2.45, 2.75) is 30.9 Å². The van der Waals surface area contributed by atoms with Gasteiger partial charge in [-0.3, -0.25) is 14.5 Å². The van der Waals surface area contributed by atoms with Crippen molar-refractivity contribution in [2.24, 2.45) is 0 Å². The van der Waals surface area contributed by atoms with Crippen LogP contribution in [0.5, 0.6) is 5.75 Å². The number of nitrogens with one attached hydrogen (secondary N) is 1. The lowest BCUT2D eigenvalue weighted by Crippen LogP contribution is -2.50. The van der Waals surface area contributed by atoms with E-state index in [1.165, 1.54) is 34.5 Å². The molecule has 2 aromatic rings. The van der Waals surface area contributed by atoms with Crippen molar-refractivity contribution in [3.8, 4) is 5.75 Å². The number of sulfonamides is 1. The molecule has 10 nitrogen and oxygen atoms in total. The molecule has 0 aliphatic carbocycles. The monoisotopic (exact) mass is 530 g/mol. The van der Waals surface area contributed by atoms with Crippen LogP contribution in [0.25, 0.3) is 0 Å². The van der Waals surface area contributed by atoms with E-state index in [0.717, 1.165) is 19.5 Å². The summed E-state index contributed by atoms with van der Waals surface area (Å²) in [5, 5.41) is 13.1. The van der Waals surface area contributed by atoms with Gasteiger partial charge >= 0.3 is 0 Å². The number of hydrogen-bond acceptors (Lipinski definition) is 7. The van der Waals surface area contributed by atoms with E-state index >= 15 is 0 Å². The highest BCUT2D eigenvalue weighted by Crippen LogP contribution is 2.27. The number of nitrogens with zero attached hydrogens (tertiary/aromatic N) is 3. The summed E-state index contributed by atoms with van der Waals surface area (Å²) in [5.74, 6) is -0.456. The van der Waals surface area contributed by atoms with E-state index in [-0.39, 0.29) is 42.8 Å². The lowest BCUT2D eigenvalue weighted by molar-refractivity contribution is -0.130. The first-order valence-corrected chi connectivity index (χ1v) is 13.9. The lowest BCUT2D eigenvalue weighted by atomic mass is 10.00. The SMILES string of the molecule is CC(=O)N1CCN(S(=O)(=O)c2ccccc2OCC(=O)NCC(O)CN2CCc3ccccc3C2)CC1. The third-order valence-electron chi connectivity index (χ3n) is 6.72. The molecule has 2 aliphatic rings. The quantitative estimate of drug-likeness (QED) is 0.483. The zero-order chi connectivity index (χ0) is 26.4. The van der Waals surface area contributed by atoms with Gasteiger partial charge in [-0.2, -0.15) is 4.31 Å². The molecule has 1 atom stereocenters. The van der Waals surface area contributed by atoms with Crippen LogP contribution < -0.4 is 10.1 Å². The van der Waals surface area contributed by atoms with Crippen LogP contribution in [0.4, 0.5) is 0 Å². The van der Waals surface area contributed by atoms with E-state index in [1.54, 1.807) is 17.0 Å². The van der Waals surface area contributed by atoms with Crippen molar-refractivity contribution in [1.82, 2.24) is 19.4 Å². The van der Waals surface area contributed by atoms with E-state index in [2.05, 4.69) is 22.3 Å². The number of ether oxygens (including phenoxy) is 1. The predicted octanol–water partition coefficient (Wildman–Crippen LogP) is 0.454. The Bertz CT molecular complexity index is 1210. The summed E-state index contributed by atoms with van der Waals surface area (Å²) < 4.78 is 33.3. The van der Waals surface area contributed by atoms with Crippen LogP contribution in [0.1, 0.15) is 18.1 Å². The average Bonchev–Trinajstić information content (AvgIpc) is 2.91. The van der Waals surface area contributed by atoms with Crippen molar-refractivity contribution < 1.29 is 27.9 Å². The lowest BCUT2D eigenvalue weighted by Gasteiger charge is -2.33. The number of rotatable bonds is 9. The number of aliphatic hydroxyl groups is 1. The number of fused-ring (bicyclic) bond motifs is 1. The Balaban J connectivity index is 1.26. The van der Waals surface area contributed by atoms with Crippen LogP contribution in [-0.2, 0) is 32.6 Å². The molecular formula is C26H34N4O6S. The number of para-hydroxylation sites is 1. The van der Waals surface area contributed by atoms with E-state index in [9.17, 15) is 23.1 Å². The first-order valence-electron chi connectivity index (χ1n) is 12.5. The highest BCUT2D eigenvalue weighted by atomic mass is 32.2. The molecule has 1 fully saturated rings. The van der Waals surface area contributed by atoms with Crippen LogP contribution in [0.3, 0.4) is 0 Å². The van der Waals surface area contributed by atoms with Gasteiger partial charge in [0.25, 0.3) is 5.91 Å². The zero-order valence-corrected chi connectivity index (χ0v) is 21.8. The molecule has 200 valence electrons. The molecule has 0 saturated carbocycles. The molecule has 4 rings (SSSR count). The van der Waals surface area contributed by atoms with Gasteiger partial charge in [-0.15, -0.1) is 0 Å². The fourth-order valence-electron chi connectivity index (χ4n) is 4.66. The largest absolute Gasteiger partial charge is 0.482 e. The molecule has 0 bridgehead atoms. The molecule has 37 heavy (non-hydrogen) atoms. The number of β-amino-alcohol motifs (C(OH)–C–C–N with tert-alkyl or cyclic N) is 1. The summed E-state index contributed by atoms with van der Waals surface area (Å²) in [6, 6.07) is 14.5. The molecule has 1 saturated heterocycles. The van der Waals surface area contributed by atoms with Gasteiger partial charge in [-0.05, 0) is 29.7 Å². The van der Waals surface area contributed by atoms with Gasteiger partial charge in [-0.1, -0.05) is 36.4 Å². The maximum atomic E-state index is 13.2. The van der Waals surface area contributed by atoms with Crippen LogP contribution in [-0.4, -0.2) is 98.0 Å². The average molecular weight is 531 g/mol. The Morgan fingerprint density at radius 2 is 1.68 bits per heavy atom. The van der Waals surface area contributed by atoms with Crippen molar-refractivity contribution in [3.63, 3.8) is 0 Å². The number of carbonyl (C=O) groups excluding carboxylic acids is 2. The number of piperazine rings is 1. The van der Waals surface area contributed by atoms with Crippen molar-refractivity contribution in [2.75, 3.05) is 52.4 Å². The Kier molecular flexibility index (Phi) is 8.80. The van der Waals surface area contributed by atoms with Crippen molar-refractivity contribution in [3.05, 3.63) is 59.7 Å². The first kappa shape index (κ1) is 27.1. The van der Waals surface area contributed by atoms with Crippen molar-refractivity contribution in [1.29, 1.82) is 0 Å². The fraction of sp³-hybridized carbons (Fsp3) is 0.462. The molecule has 0 radical (unpaired) electrons. The first-order chi connectivity index (χ1) is 17.7. The standard InChI is InChI=1S/C26H34N4O6S/c1-20(31)29-12-14-30(15-13-29)37(34,35)25-9-5-4-8-24(25)36-19-26(33)27-16-23(32)18-28-11-10-21-6-2-3-7-22(21)17-28/h2-9,23,32H,10-19H2,1H3,(H,27,33). The summed E-state index contributed by atoms with van der Waals surface area (Å²) in [5.41, 5.74) is 2.59. The highest BCUT2D eigenvalue weighted by molar-refractivity contribution is 7.89. The van der Waals surface area contributed by atoms with Gasteiger partial charge in [0.15, 0.2) is 6.61 Å². The Morgan fingerprint density at radius 1 is 1.00 bits per heavy atom. The zero-order valence-electron chi connectivity index (χ0n) is 21.0. The maximum Gasteiger partial charge on any atom is 0.258 e. The summed E-state index contributed by atoms with van der Waals surface area (Å²) in [4.78, 5) is 27.7. The van der Waals surface area contributed by atoms with Crippen LogP contribution >= 0.6 is 0 Å². The van der Waals surface area contributed by atoms with Crippen molar-refractivity contribution >= 4 is 21.8 Å². The second-order valence-electron chi connectivity index (χ2n) is 9.36. The molecule has 11 heteroatoms. The minimum absolute atomic E-state index is 0.0236.